The highest BCUT2D eigenvalue weighted by molar-refractivity contribution is 7.88. The highest BCUT2D eigenvalue weighted by atomic mass is 32.2. The number of aryl methyl sites for hydroxylation is 1. The molecule has 8 rings (SSSR count). The van der Waals surface area contributed by atoms with Crippen molar-refractivity contribution >= 4 is 49.9 Å². The number of pyridine rings is 2. The van der Waals surface area contributed by atoms with E-state index in [1.165, 1.54) is 10.6 Å². The number of aromatic nitrogens is 8. The number of amides is 1. The lowest BCUT2D eigenvalue weighted by Crippen LogP contribution is -2.44. The van der Waals surface area contributed by atoms with Gasteiger partial charge in [0.2, 0.25) is 15.9 Å². The molecule has 0 bridgehead atoms. The third-order valence-corrected chi connectivity index (χ3v) is 10.7. The van der Waals surface area contributed by atoms with Crippen LogP contribution < -0.4 is 10.6 Å². The number of hydrogen-bond donors (Lipinski definition) is 3. The minimum atomic E-state index is -3.18. The smallest absolute Gasteiger partial charge is 0.219 e. The maximum absolute atomic E-state index is 11.8. The molecule has 2 aliphatic heterocycles. The fraction of sp³-hybridized carbons (Fsp3) is 0.361. The van der Waals surface area contributed by atoms with Gasteiger partial charge in [0.1, 0.15) is 22.7 Å². The molecular formula is C36H42N12O3S. The van der Waals surface area contributed by atoms with Crippen LogP contribution in [0.1, 0.15) is 32.6 Å². The van der Waals surface area contributed by atoms with Crippen LogP contribution in [0.15, 0.2) is 73.6 Å². The molecule has 2 aliphatic rings. The van der Waals surface area contributed by atoms with Gasteiger partial charge in [0.15, 0.2) is 11.3 Å². The lowest BCUT2D eigenvalue weighted by molar-refractivity contribution is -0.129. The van der Waals surface area contributed by atoms with Crippen LogP contribution in [0.3, 0.4) is 0 Å². The largest absolute Gasteiger partial charge is 0.365 e. The Hall–Kier alpha value is -5.48. The summed E-state index contributed by atoms with van der Waals surface area (Å²) in [5, 5.41) is 6.91. The number of rotatable bonds is 7. The van der Waals surface area contributed by atoms with Gasteiger partial charge in [-0.1, -0.05) is 0 Å². The van der Waals surface area contributed by atoms with Crippen LogP contribution in [0.2, 0.25) is 0 Å². The zero-order valence-corrected chi connectivity index (χ0v) is 30.2. The molecule has 6 aromatic rings. The molecule has 0 unspecified atom stereocenters. The molecular weight excluding hydrogens is 681 g/mol. The van der Waals surface area contributed by atoms with Gasteiger partial charge in [-0.05, 0) is 62.1 Å². The molecule has 16 heteroatoms. The van der Waals surface area contributed by atoms with Crippen molar-refractivity contribution in [1.29, 1.82) is 0 Å². The molecule has 52 heavy (non-hydrogen) atoms. The van der Waals surface area contributed by atoms with Crippen LogP contribution in [-0.2, 0) is 21.9 Å². The van der Waals surface area contributed by atoms with E-state index in [0.717, 1.165) is 77.2 Å². The van der Waals surface area contributed by atoms with E-state index in [9.17, 15) is 13.2 Å². The van der Waals surface area contributed by atoms with Crippen molar-refractivity contribution in [3.8, 4) is 22.5 Å². The fourth-order valence-electron chi connectivity index (χ4n) is 6.69. The molecule has 8 heterocycles. The topological polar surface area (TPSA) is 180 Å². The van der Waals surface area contributed by atoms with Crippen molar-refractivity contribution in [2.45, 2.75) is 44.7 Å². The van der Waals surface area contributed by atoms with Crippen LogP contribution in [0.25, 0.3) is 44.8 Å². The van der Waals surface area contributed by atoms with Gasteiger partial charge < -0.3 is 25.1 Å². The lowest BCUT2D eigenvalue weighted by atomic mass is 10.0. The summed E-state index contributed by atoms with van der Waals surface area (Å²) in [6.45, 7) is 4.17. The Bertz CT molecular complexity index is 2310. The molecule has 0 aromatic carbocycles. The van der Waals surface area contributed by atoms with E-state index in [-0.39, 0.29) is 18.0 Å². The number of carbonyl (C=O) groups excluding carboxylic acids is 1. The van der Waals surface area contributed by atoms with Crippen molar-refractivity contribution in [2.75, 3.05) is 43.1 Å². The van der Waals surface area contributed by atoms with E-state index >= 15 is 0 Å². The van der Waals surface area contributed by atoms with E-state index in [1.54, 1.807) is 37.9 Å². The standard InChI is InChI=1S/C19H22N6O.C17H20N6O2S/c1-13(26)25-9-4-5-14(12-25)22-18-15(6-3-8-20-18)17-11-21-16-7-10-24(2)19(16)23-17;1-26(24,25)23-9-3-4-12(11-23)21-16-13(5-2-7-18-16)15-10-20-14-6-8-19-17(14)22-15/h3,6-8,10-11,14H,4-5,9,12H2,1-2H3,(H,20,22);2,5-8,10,12H,3-4,9,11H2,1H3,(H,18,21)(H,19,22)/t14-;12-/m00/s1. The van der Waals surface area contributed by atoms with Crippen molar-refractivity contribution in [2.24, 2.45) is 7.05 Å². The third kappa shape index (κ3) is 7.87. The van der Waals surface area contributed by atoms with Gasteiger partial charge in [-0.15, -0.1) is 0 Å². The van der Waals surface area contributed by atoms with Crippen LogP contribution >= 0.6 is 0 Å². The molecule has 1 amide bonds. The second-order valence-electron chi connectivity index (χ2n) is 13.2. The van der Waals surface area contributed by atoms with Crippen LogP contribution in [0.4, 0.5) is 11.6 Å². The number of likely N-dealkylation sites (tertiary alicyclic amines) is 1. The monoisotopic (exact) mass is 722 g/mol. The second-order valence-corrected chi connectivity index (χ2v) is 15.2. The van der Waals surface area contributed by atoms with Crippen molar-refractivity contribution < 1.29 is 13.2 Å². The zero-order valence-electron chi connectivity index (χ0n) is 29.4. The maximum Gasteiger partial charge on any atom is 0.219 e. The molecule has 2 atom stereocenters. The minimum absolute atomic E-state index is 0.00861. The Labute approximate surface area is 302 Å². The number of carbonyl (C=O) groups is 1. The van der Waals surface area contributed by atoms with Gasteiger partial charge in [0.05, 0.1) is 30.0 Å². The maximum atomic E-state index is 11.8. The first-order valence-electron chi connectivity index (χ1n) is 17.3. The van der Waals surface area contributed by atoms with Gasteiger partial charge in [-0.25, -0.2) is 32.7 Å². The predicted octanol–water partition coefficient (Wildman–Crippen LogP) is 4.31. The molecule has 2 fully saturated rings. The Morgan fingerprint density at radius 1 is 0.827 bits per heavy atom. The molecule has 3 N–H and O–H groups in total. The third-order valence-electron chi connectivity index (χ3n) is 9.40. The Balaban J connectivity index is 0.000000162. The average molecular weight is 723 g/mol. The van der Waals surface area contributed by atoms with Crippen molar-refractivity contribution in [1.82, 2.24) is 48.7 Å². The normalized spacial score (nSPS) is 18.2. The number of fused-ring (bicyclic) bond motifs is 2. The van der Waals surface area contributed by atoms with Crippen molar-refractivity contribution in [3.05, 3.63) is 73.6 Å². The first-order valence-corrected chi connectivity index (χ1v) is 19.2. The minimum Gasteiger partial charge on any atom is -0.365 e. The van der Waals surface area contributed by atoms with Gasteiger partial charge in [0, 0.05) is 88.1 Å². The van der Waals surface area contributed by atoms with Crippen LogP contribution in [0.5, 0.6) is 0 Å². The number of nitrogens with zero attached hydrogens (tertiary/aromatic N) is 9. The Kier molecular flexibility index (Phi) is 10.1. The molecule has 15 nitrogen and oxygen atoms in total. The number of anilines is 2. The Morgan fingerprint density at radius 2 is 1.46 bits per heavy atom. The summed E-state index contributed by atoms with van der Waals surface area (Å²) < 4.78 is 27.1. The van der Waals surface area contributed by atoms with Gasteiger partial charge in [0.25, 0.3) is 0 Å². The second kappa shape index (κ2) is 15.0. The van der Waals surface area contributed by atoms with Gasteiger partial charge in [-0.2, -0.15) is 0 Å². The number of H-pyrrole nitrogens is 1. The van der Waals surface area contributed by atoms with E-state index in [4.69, 9.17) is 4.98 Å². The van der Waals surface area contributed by atoms with E-state index in [2.05, 4.69) is 40.5 Å². The van der Waals surface area contributed by atoms with E-state index in [0.29, 0.717) is 31.1 Å². The highest BCUT2D eigenvalue weighted by Crippen LogP contribution is 2.29. The summed E-state index contributed by atoms with van der Waals surface area (Å²) in [5.74, 6) is 1.59. The molecule has 270 valence electrons. The van der Waals surface area contributed by atoms with E-state index in [1.807, 2.05) is 59.1 Å². The van der Waals surface area contributed by atoms with Crippen LogP contribution in [0, 0.1) is 0 Å². The number of hydrogen-bond acceptors (Lipinski definition) is 11. The van der Waals surface area contributed by atoms with Crippen LogP contribution in [-0.4, -0.2) is 108 Å². The summed E-state index contributed by atoms with van der Waals surface area (Å²) in [6.07, 6.45) is 15.7. The quantitative estimate of drug-likeness (QED) is 0.214. The lowest BCUT2D eigenvalue weighted by Gasteiger charge is -2.33. The number of nitrogens with one attached hydrogen (secondary N) is 3. The molecule has 0 aliphatic carbocycles. The summed E-state index contributed by atoms with van der Waals surface area (Å²) in [6, 6.07) is 11.7. The van der Waals surface area contributed by atoms with Gasteiger partial charge in [-0.3, -0.25) is 14.8 Å². The summed E-state index contributed by atoms with van der Waals surface area (Å²) in [5.41, 5.74) is 6.51. The molecule has 0 radical (unpaired) electrons. The first kappa shape index (κ1) is 34.9. The SMILES string of the molecule is CC(=O)N1CCC[C@H](Nc2ncccc2-c2cnc3ccn(C)c3n2)C1.CS(=O)(=O)N1CCC[C@H](Nc2ncccc2-c2cnc3cc[nH]c3n2)C1. The predicted molar refractivity (Wildman–Crippen MR) is 201 cm³/mol. The fourth-order valence-corrected chi connectivity index (χ4v) is 7.60. The first-order chi connectivity index (χ1) is 25.1. The van der Waals surface area contributed by atoms with E-state index < -0.39 is 10.0 Å². The molecule has 0 saturated carbocycles. The van der Waals surface area contributed by atoms with Crippen molar-refractivity contribution in [3.63, 3.8) is 0 Å². The molecule has 2 saturated heterocycles. The Morgan fingerprint density at radius 3 is 2.13 bits per heavy atom. The number of aromatic amines is 1. The number of piperidine rings is 2. The molecule has 6 aromatic heterocycles. The summed E-state index contributed by atoms with van der Waals surface area (Å²) in [4.78, 5) is 43.9. The summed E-state index contributed by atoms with van der Waals surface area (Å²) >= 11 is 0. The zero-order chi connectivity index (χ0) is 36.2. The molecule has 0 spiro atoms. The summed E-state index contributed by atoms with van der Waals surface area (Å²) in [7, 11) is -1.22. The number of sulfonamides is 1. The highest BCUT2D eigenvalue weighted by Gasteiger charge is 2.27. The average Bonchev–Trinajstić information content (AvgIpc) is 3.78. The van der Waals surface area contributed by atoms with Gasteiger partial charge >= 0.3 is 0 Å².